The summed E-state index contributed by atoms with van der Waals surface area (Å²) in [5.74, 6) is 1.01. The van der Waals surface area contributed by atoms with Gasteiger partial charge in [0, 0.05) is 31.7 Å². The molecule has 0 bridgehead atoms. The number of aryl methyl sites for hydroxylation is 1. The van der Waals surface area contributed by atoms with Crippen molar-refractivity contribution in [2.45, 2.75) is 25.9 Å². The molecular weight excluding hydrogens is 296 g/mol. The van der Waals surface area contributed by atoms with Crippen LogP contribution in [-0.2, 0) is 20.8 Å². The standard InChI is InChI=1S/C17H26N2O4/c1-12-3-4-14(8-19-17(20)15(18)11-21-2)16(7-12)23-10-13-5-6-22-9-13/h3-4,7,13,15H,5-6,8-11,18H2,1-2H3,(H,19,20). The van der Waals surface area contributed by atoms with Crippen LogP contribution in [0.25, 0.3) is 0 Å². The number of hydrogen-bond donors (Lipinski definition) is 2. The zero-order chi connectivity index (χ0) is 16.7. The Bertz CT molecular complexity index is 515. The lowest BCUT2D eigenvalue weighted by molar-refractivity contribution is -0.123. The molecule has 6 nitrogen and oxygen atoms in total. The molecule has 1 aliphatic heterocycles. The summed E-state index contributed by atoms with van der Waals surface area (Å²) in [6, 6.07) is 5.30. The Labute approximate surface area is 137 Å². The first kappa shape index (κ1) is 17.7. The molecule has 0 aromatic heterocycles. The summed E-state index contributed by atoms with van der Waals surface area (Å²) in [7, 11) is 1.52. The number of benzene rings is 1. The van der Waals surface area contributed by atoms with Gasteiger partial charge in [-0.15, -0.1) is 0 Å². The van der Waals surface area contributed by atoms with Crippen molar-refractivity contribution in [1.29, 1.82) is 0 Å². The van der Waals surface area contributed by atoms with E-state index >= 15 is 0 Å². The van der Waals surface area contributed by atoms with Gasteiger partial charge in [0.1, 0.15) is 11.8 Å². The Morgan fingerprint density at radius 3 is 3.04 bits per heavy atom. The molecule has 3 N–H and O–H groups in total. The fourth-order valence-corrected chi connectivity index (χ4v) is 2.43. The summed E-state index contributed by atoms with van der Waals surface area (Å²) >= 11 is 0. The molecule has 1 aromatic carbocycles. The van der Waals surface area contributed by atoms with Crippen LogP contribution in [0.15, 0.2) is 18.2 Å². The number of hydrogen-bond acceptors (Lipinski definition) is 5. The maximum atomic E-state index is 11.9. The number of nitrogens with two attached hydrogens (primary N) is 1. The summed E-state index contributed by atoms with van der Waals surface area (Å²) in [6.45, 7) is 4.79. The quantitative estimate of drug-likeness (QED) is 0.746. The Morgan fingerprint density at radius 1 is 1.52 bits per heavy atom. The summed E-state index contributed by atoms with van der Waals surface area (Å²) in [5, 5.41) is 2.82. The van der Waals surface area contributed by atoms with E-state index in [-0.39, 0.29) is 12.5 Å². The Kier molecular flexibility index (Phi) is 6.83. The average molecular weight is 322 g/mol. The molecule has 1 amide bonds. The third kappa shape index (κ3) is 5.49. The molecular formula is C17H26N2O4. The average Bonchev–Trinajstić information content (AvgIpc) is 3.05. The second-order valence-electron chi connectivity index (χ2n) is 5.93. The molecule has 1 aliphatic rings. The molecule has 2 unspecified atom stereocenters. The summed E-state index contributed by atoms with van der Waals surface area (Å²) < 4.78 is 16.2. The molecule has 0 saturated carbocycles. The maximum absolute atomic E-state index is 11.9. The van der Waals surface area contributed by atoms with Crippen molar-refractivity contribution in [3.05, 3.63) is 29.3 Å². The van der Waals surface area contributed by atoms with Crippen LogP contribution in [0.5, 0.6) is 5.75 Å². The Balaban J connectivity index is 1.93. The maximum Gasteiger partial charge on any atom is 0.239 e. The van der Waals surface area contributed by atoms with Crippen LogP contribution in [0.4, 0.5) is 0 Å². The highest BCUT2D eigenvalue weighted by atomic mass is 16.5. The lowest BCUT2D eigenvalue weighted by atomic mass is 10.1. The highest BCUT2D eigenvalue weighted by Gasteiger charge is 2.18. The van der Waals surface area contributed by atoms with Gasteiger partial charge in [0.25, 0.3) is 0 Å². The lowest BCUT2D eigenvalue weighted by Crippen LogP contribution is -2.43. The van der Waals surface area contributed by atoms with Crippen LogP contribution in [0.1, 0.15) is 17.5 Å². The van der Waals surface area contributed by atoms with Gasteiger partial charge in [-0.1, -0.05) is 12.1 Å². The topological polar surface area (TPSA) is 82.8 Å². The molecule has 2 atom stereocenters. The van der Waals surface area contributed by atoms with Crippen molar-refractivity contribution in [3.8, 4) is 5.75 Å². The second-order valence-corrected chi connectivity index (χ2v) is 5.93. The van der Waals surface area contributed by atoms with Gasteiger partial charge in [-0.3, -0.25) is 4.79 Å². The molecule has 0 spiro atoms. The van der Waals surface area contributed by atoms with Gasteiger partial charge in [-0.25, -0.2) is 0 Å². The highest BCUT2D eigenvalue weighted by Crippen LogP contribution is 2.22. The molecule has 1 fully saturated rings. The smallest absolute Gasteiger partial charge is 0.239 e. The van der Waals surface area contributed by atoms with Crippen LogP contribution >= 0.6 is 0 Å². The predicted molar refractivity (Wildman–Crippen MR) is 87.3 cm³/mol. The number of amides is 1. The number of ether oxygens (including phenoxy) is 3. The number of carbonyl (C=O) groups is 1. The van der Waals surface area contributed by atoms with Crippen LogP contribution < -0.4 is 15.8 Å². The molecule has 23 heavy (non-hydrogen) atoms. The number of carbonyl (C=O) groups excluding carboxylic acids is 1. The van der Waals surface area contributed by atoms with Gasteiger partial charge in [0.05, 0.1) is 19.8 Å². The molecule has 1 aromatic rings. The van der Waals surface area contributed by atoms with E-state index in [1.165, 1.54) is 7.11 Å². The third-order valence-corrected chi connectivity index (χ3v) is 3.86. The van der Waals surface area contributed by atoms with E-state index in [0.717, 1.165) is 36.5 Å². The van der Waals surface area contributed by atoms with E-state index in [1.807, 2.05) is 25.1 Å². The molecule has 0 aliphatic carbocycles. The summed E-state index contributed by atoms with van der Waals surface area (Å²) in [4.78, 5) is 11.9. The molecule has 1 heterocycles. The van der Waals surface area contributed by atoms with Crippen molar-refractivity contribution in [2.75, 3.05) is 33.5 Å². The molecule has 128 valence electrons. The highest BCUT2D eigenvalue weighted by molar-refractivity contribution is 5.81. The Hall–Kier alpha value is -1.63. The van der Waals surface area contributed by atoms with Crippen LogP contribution in [-0.4, -0.2) is 45.5 Å². The first-order valence-corrected chi connectivity index (χ1v) is 7.92. The van der Waals surface area contributed by atoms with E-state index < -0.39 is 6.04 Å². The zero-order valence-electron chi connectivity index (χ0n) is 13.8. The largest absolute Gasteiger partial charge is 0.493 e. The lowest BCUT2D eigenvalue weighted by Gasteiger charge is -2.16. The minimum atomic E-state index is -0.662. The molecule has 2 rings (SSSR count). The van der Waals surface area contributed by atoms with Crippen LogP contribution in [0.3, 0.4) is 0 Å². The van der Waals surface area contributed by atoms with E-state index in [1.54, 1.807) is 0 Å². The summed E-state index contributed by atoms with van der Waals surface area (Å²) in [6.07, 6.45) is 1.03. The van der Waals surface area contributed by atoms with Crippen molar-refractivity contribution in [3.63, 3.8) is 0 Å². The van der Waals surface area contributed by atoms with Crippen molar-refractivity contribution >= 4 is 5.91 Å². The molecule has 6 heteroatoms. The van der Waals surface area contributed by atoms with Crippen molar-refractivity contribution in [1.82, 2.24) is 5.32 Å². The van der Waals surface area contributed by atoms with E-state index in [2.05, 4.69) is 5.32 Å². The zero-order valence-corrected chi connectivity index (χ0v) is 13.8. The minimum absolute atomic E-state index is 0.199. The monoisotopic (exact) mass is 322 g/mol. The second kappa shape index (κ2) is 8.86. The number of nitrogens with one attached hydrogen (secondary N) is 1. The number of methoxy groups -OCH3 is 1. The van der Waals surface area contributed by atoms with E-state index in [4.69, 9.17) is 19.9 Å². The SMILES string of the molecule is COCC(N)C(=O)NCc1ccc(C)cc1OCC1CCOC1. The predicted octanol–water partition coefficient (Wildman–Crippen LogP) is 1.00. The van der Waals surface area contributed by atoms with Crippen LogP contribution in [0, 0.1) is 12.8 Å². The number of rotatable bonds is 8. The normalized spacial score (nSPS) is 18.7. The summed E-state index contributed by atoms with van der Waals surface area (Å²) in [5.41, 5.74) is 7.77. The van der Waals surface area contributed by atoms with Gasteiger partial charge < -0.3 is 25.3 Å². The fourth-order valence-electron chi connectivity index (χ4n) is 2.43. The van der Waals surface area contributed by atoms with Crippen molar-refractivity contribution < 1.29 is 19.0 Å². The minimum Gasteiger partial charge on any atom is -0.493 e. The van der Waals surface area contributed by atoms with E-state index in [9.17, 15) is 4.79 Å². The van der Waals surface area contributed by atoms with Gasteiger partial charge in [-0.2, -0.15) is 0 Å². The van der Waals surface area contributed by atoms with Gasteiger partial charge in [0.2, 0.25) is 5.91 Å². The van der Waals surface area contributed by atoms with Gasteiger partial charge in [0.15, 0.2) is 0 Å². The van der Waals surface area contributed by atoms with Crippen LogP contribution in [0.2, 0.25) is 0 Å². The van der Waals surface area contributed by atoms with E-state index in [0.29, 0.717) is 19.1 Å². The molecule has 0 radical (unpaired) electrons. The Morgan fingerprint density at radius 2 is 2.35 bits per heavy atom. The van der Waals surface area contributed by atoms with Crippen molar-refractivity contribution in [2.24, 2.45) is 11.7 Å². The fraction of sp³-hybridized carbons (Fsp3) is 0.588. The first-order valence-electron chi connectivity index (χ1n) is 7.92. The van der Waals surface area contributed by atoms with Gasteiger partial charge >= 0.3 is 0 Å². The molecule has 1 saturated heterocycles. The first-order chi connectivity index (χ1) is 11.1. The van der Waals surface area contributed by atoms with Gasteiger partial charge in [-0.05, 0) is 25.0 Å². The third-order valence-electron chi connectivity index (χ3n) is 3.86.